The second-order valence-electron chi connectivity index (χ2n) is 6.35. The first kappa shape index (κ1) is 15.3. The lowest BCUT2D eigenvalue weighted by atomic mass is 10.0. The molecule has 1 atom stereocenters. The van der Waals surface area contributed by atoms with Gasteiger partial charge in [-0.05, 0) is 38.8 Å². The summed E-state index contributed by atoms with van der Waals surface area (Å²) >= 11 is 0. The SMILES string of the molecule is Cc1n[nH]c(C)c1CN[C@H]1CCCN(Cc2ccccc2)C1. The smallest absolute Gasteiger partial charge is 0.0638 e. The number of aromatic amines is 1. The molecule has 0 radical (unpaired) electrons. The fourth-order valence-electron chi connectivity index (χ4n) is 3.29. The number of nitrogens with one attached hydrogen (secondary N) is 2. The number of nitrogens with zero attached hydrogens (tertiary/aromatic N) is 2. The second-order valence-corrected chi connectivity index (χ2v) is 6.35. The Hall–Kier alpha value is -1.65. The molecule has 1 aliphatic rings. The fraction of sp³-hybridized carbons (Fsp3) is 0.500. The van der Waals surface area contributed by atoms with Gasteiger partial charge in [-0.1, -0.05) is 30.3 Å². The molecule has 1 aromatic heterocycles. The van der Waals surface area contributed by atoms with E-state index >= 15 is 0 Å². The third-order valence-corrected chi connectivity index (χ3v) is 4.60. The third-order valence-electron chi connectivity index (χ3n) is 4.60. The van der Waals surface area contributed by atoms with Crippen LogP contribution < -0.4 is 5.32 Å². The van der Waals surface area contributed by atoms with Crippen LogP contribution in [0.15, 0.2) is 30.3 Å². The number of likely N-dealkylation sites (tertiary alicyclic amines) is 1. The van der Waals surface area contributed by atoms with E-state index in [1.54, 1.807) is 0 Å². The zero-order chi connectivity index (χ0) is 15.4. The van der Waals surface area contributed by atoms with Crippen molar-refractivity contribution >= 4 is 0 Å². The summed E-state index contributed by atoms with van der Waals surface area (Å²) in [5, 5.41) is 11.1. The minimum Gasteiger partial charge on any atom is -0.309 e. The van der Waals surface area contributed by atoms with Gasteiger partial charge in [-0.3, -0.25) is 10.00 Å². The maximum Gasteiger partial charge on any atom is 0.0638 e. The molecule has 0 spiro atoms. The molecule has 1 fully saturated rings. The Labute approximate surface area is 132 Å². The first-order valence-corrected chi connectivity index (χ1v) is 8.22. The van der Waals surface area contributed by atoms with Crippen LogP contribution >= 0.6 is 0 Å². The Balaban J connectivity index is 1.52. The van der Waals surface area contributed by atoms with Gasteiger partial charge in [-0.2, -0.15) is 5.10 Å². The number of hydrogen-bond acceptors (Lipinski definition) is 3. The van der Waals surface area contributed by atoms with Crippen LogP contribution in [0.4, 0.5) is 0 Å². The van der Waals surface area contributed by atoms with Crippen molar-refractivity contribution in [2.75, 3.05) is 13.1 Å². The van der Waals surface area contributed by atoms with Gasteiger partial charge in [0.05, 0.1) is 5.69 Å². The predicted molar refractivity (Wildman–Crippen MR) is 89.6 cm³/mol. The highest BCUT2D eigenvalue weighted by Gasteiger charge is 2.20. The second kappa shape index (κ2) is 7.07. The Bertz CT molecular complexity index is 571. The Morgan fingerprint density at radius 2 is 2.09 bits per heavy atom. The number of benzene rings is 1. The van der Waals surface area contributed by atoms with Gasteiger partial charge in [0.25, 0.3) is 0 Å². The van der Waals surface area contributed by atoms with E-state index in [-0.39, 0.29) is 0 Å². The first-order chi connectivity index (χ1) is 10.7. The van der Waals surface area contributed by atoms with Crippen LogP contribution in [-0.2, 0) is 13.1 Å². The topological polar surface area (TPSA) is 44.0 Å². The number of aryl methyl sites for hydroxylation is 2. The molecule has 1 saturated heterocycles. The lowest BCUT2D eigenvalue weighted by Crippen LogP contribution is -2.45. The summed E-state index contributed by atoms with van der Waals surface area (Å²) < 4.78 is 0. The number of aromatic nitrogens is 2. The van der Waals surface area contributed by atoms with Crippen molar-refractivity contribution in [1.82, 2.24) is 20.4 Å². The van der Waals surface area contributed by atoms with Crippen LogP contribution in [0, 0.1) is 13.8 Å². The Kier molecular flexibility index (Phi) is 4.90. The minimum atomic E-state index is 0.575. The van der Waals surface area contributed by atoms with Gasteiger partial charge < -0.3 is 5.32 Å². The van der Waals surface area contributed by atoms with Gasteiger partial charge in [-0.25, -0.2) is 0 Å². The Morgan fingerprint density at radius 3 is 2.82 bits per heavy atom. The lowest BCUT2D eigenvalue weighted by molar-refractivity contribution is 0.182. The third kappa shape index (κ3) is 3.76. The van der Waals surface area contributed by atoms with Crippen LogP contribution in [0.3, 0.4) is 0 Å². The van der Waals surface area contributed by atoms with Crippen molar-refractivity contribution < 1.29 is 0 Å². The van der Waals surface area contributed by atoms with Crippen LogP contribution in [0.5, 0.6) is 0 Å². The summed E-state index contributed by atoms with van der Waals surface area (Å²) in [6.45, 7) is 8.48. The highest BCUT2D eigenvalue weighted by molar-refractivity contribution is 5.22. The summed E-state index contributed by atoms with van der Waals surface area (Å²) in [4.78, 5) is 2.56. The molecule has 118 valence electrons. The molecule has 0 amide bonds. The average molecular weight is 298 g/mol. The zero-order valence-electron chi connectivity index (χ0n) is 13.6. The number of hydrogen-bond donors (Lipinski definition) is 2. The van der Waals surface area contributed by atoms with E-state index in [0.717, 1.165) is 25.3 Å². The zero-order valence-corrected chi connectivity index (χ0v) is 13.6. The highest BCUT2D eigenvalue weighted by atomic mass is 15.2. The Morgan fingerprint density at radius 1 is 1.27 bits per heavy atom. The molecule has 2 aromatic rings. The maximum atomic E-state index is 4.28. The number of piperidine rings is 1. The lowest BCUT2D eigenvalue weighted by Gasteiger charge is -2.33. The molecule has 1 aliphatic heterocycles. The van der Waals surface area contributed by atoms with Gasteiger partial charge in [0.15, 0.2) is 0 Å². The predicted octanol–water partition coefficient (Wildman–Crippen LogP) is 2.78. The van der Waals surface area contributed by atoms with Gasteiger partial charge >= 0.3 is 0 Å². The van der Waals surface area contributed by atoms with Gasteiger partial charge in [0.1, 0.15) is 0 Å². The van der Waals surface area contributed by atoms with Crippen molar-refractivity contribution in [2.45, 2.75) is 45.8 Å². The molecule has 4 nitrogen and oxygen atoms in total. The van der Waals surface area contributed by atoms with E-state index in [1.807, 2.05) is 0 Å². The van der Waals surface area contributed by atoms with Gasteiger partial charge in [0.2, 0.25) is 0 Å². The van der Waals surface area contributed by atoms with Gasteiger partial charge in [-0.15, -0.1) is 0 Å². The van der Waals surface area contributed by atoms with Crippen LogP contribution in [-0.4, -0.2) is 34.2 Å². The van der Waals surface area contributed by atoms with E-state index in [0.29, 0.717) is 6.04 Å². The van der Waals surface area contributed by atoms with Crippen molar-refractivity contribution in [1.29, 1.82) is 0 Å². The van der Waals surface area contributed by atoms with E-state index in [4.69, 9.17) is 0 Å². The van der Waals surface area contributed by atoms with Crippen molar-refractivity contribution in [3.63, 3.8) is 0 Å². The molecule has 4 heteroatoms. The monoisotopic (exact) mass is 298 g/mol. The molecule has 0 saturated carbocycles. The largest absolute Gasteiger partial charge is 0.309 e. The molecule has 3 rings (SSSR count). The molecule has 2 heterocycles. The normalized spacial score (nSPS) is 19.5. The van der Waals surface area contributed by atoms with E-state index < -0.39 is 0 Å². The van der Waals surface area contributed by atoms with Crippen LogP contribution in [0.2, 0.25) is 0 Å². The molecular weight excluding hydrogens is 272 g/mol. The molecular formula is C18H26N4. The molecule has 0 unspecified atom stereocenters. The summed E-state index contributed by atoms with van der Waals surface area (Å²) in [6, 6.07) is 11.3. The van der Waals surface area contributed by atoms with Crippen LogP contribution in [0.1, 0.15) is 35.4 Å². The van der Waals surface area contributed by atoms with E-state index in [2.05, 4.69) is 64.6 Å². The summed E-state index contributed by atoms with van der Waals surface area (Å²) in [5.74, 6) is 0. The van der Waals surface area contributed by atoms with Crippen molar-refractivity contribution in [2.24, 2.45) is 0 Å². The summed E-state index contributed by atoms with van der Waals surface area (Å²) in [6.07, 6.45) is 2.54. The first-order valence-electron chi connectivity index (χ1n) is 8.22. The van der Waals surface area contributed by atoms with E-state index in [1.165, 1.54) is 36.2 Å². The van der Waals surface area contributed by atoms with E-state index in [9.17, 15) is 0 Å². The van der Waals surface area contributed by atoms with Crippen molar-refractivity contribution in [3.05, 3.63) is 52.8 Å². The van der Waals surface area contributed by atoms with Crippen LogP contribution in [0.25, 0.3) is 0 Å². The van der Waals surface area contributed by atoms with Gasteiger partial charge in [0, 0.05) is 36.9 Å². The van der Waals surface area contributed by atoms with Crippen molar-refractivity contribution in [3.8, 4) is 0 Å². The standard InChI is InChI=1S/C18H26N4/c1-14-18(15(2)21-20-14)11-19-17-9-6-10-22(13-17)12-16-7-4-3-5-8-16/h3-5,7-8,17,19H,6,9-13H2,1-2H3,(H,20,21)/t17-/m0/s1. The molecule has 0 bridgehead atoms. The number of H-pyrrole nitrogens is 1. The highest BCUT2D eigenvalue weighted by Crippen LogP contribution is 2.15. The molecule has 1 aromatic carbocycles. The summed E-state index contributed by atoms with van der Waals surface area (Å²) in [7, 11) is 0. The number of rotatable bonds is 5. The average Bonchev–Trinajstić information content (AvgIpc) is 2.85. The quantitative estimate of drug-likeness (QED) is 0.892. The molecule has 2 N–H and O–H groups in total. The summed E-state index contributed by atoms with van der Waals surface area (Å²) in [5.41, 5.74) is 5.02. The molecule has 0 aliphatic carbocycles. The minimum absolute atomic E-state index is 0.575. The maximum absolute atomic E-state index is 4.28. The fourth-order valence-corrected chi connectivity index (χ4v) is 3.29. The molecule has 22 heavy (non-hydrogen) atoms.